The third-order valence-electron chi connectivity index (χ3n) is 5.29. The van der Waals surface area contributed by atoms with Crippen molar-refractivity contribution in [3.63, 3.8) is 0 Å². The predicted octanol–water partition coefficient (Wildman–Crippen LogP) is 4.72. The Kier molecular flexibility index (Phi) is 4.90. The normalized spacial score (nSPS) is 23.8. The molecule has 23 heavy (non-hydrogen) atoms. The topological polar surface area (TPSA) is 20.3 Å². The van der Waals surface area contributed by atoms with E-state index in [1.807, 2.05) is 23.1 Å². The molecule has 2 fully saturated rings. The van der Waals surface area contributed by atoms with Crippen LogP contribution in [-0.4, -0.2) is 22.9 Å². The first-order chi connectivity index (χ1) is 11.1. The fourth-order valence-electron chi connectivity index (χ4n) is 3.96. The Morgan fingerprint density at radius 2 is 1.87 bits per heavy atom. The molecule has 1 heterocycles. The van der Waals surface area contributed by atoms with Crippen molar-refractivity contribution >= 4 is 29.1 Å². The van der Waals surface area contributed by atoms with E-state index in [1.54, 1.807) is 0 Å². The van der Waals surface area contributed by atoms with Crippen molar-refractivity contribution in [1.29, 1.82) is 0 Å². The second kappa shape index (κ2) is 6.75. The molecule has 0 spiro atoms. The lowest BCUT2D eigenvalue weighted by atomic mass is 9.81. The average Bonchev–Trinajstić information content (AvgIpc) is 2.93. The van der Waals surface area contributed by atoms with Gasteiger partial charge in [0.15, 0.2) is 0 Å². The molecular weight excluding hydrogens is 329 g/mol. The van der Waals surface area contributed by atoms with Gasteiger partial charge in [0.05, 0.1) is 0 Å². The monoisotopic (exact) mass is 349 g/mol. The predicted molar refractivity (Wildman–Crippen MR) is 94.6 cm³/mol. The molecule has 0 N–H and O–H groups in total. The summed E-state index contributed by atoms with van der Waals surface area (Å²) in [5.74, 6) is 3.05. The minimum atomic E-state index is -0.367. The number of carbonyl (C=O) groups is 1. The number of rotatable bonds is 3. The van der Waals surface area contributed by atoms with E-state index in [1.165, 1.54) is 6.42 Å². The van der Waals surface area contributed by atoms with Gasteiger partial charge in [-0.15, -0.1) is 6.42 Å². The Hall–Kier alpha value is -1.17. The van der Waals surface area contributed by atoms with E-state index in [0.29, 0.717) is 16.5 Å². The lowest BCUT2D eigenvalue weighted by Crippen LogP contribution is -2.50. The molecule has 1 atom stereocenters. The summed E-state index contributed by atoms with van der Waals surface area (Å²) >= 11 is 12.5. The van der Waals surface area contributed by atoms with Crippen LogP contribution in [0.25, 0.3) is 0 Å². The summed E-state index contributed by atoms with van der Waals surface area (Å²) in [7, 11) is 0. The zero-order valence-electron chi connectivity index (χ0n) is 13.2. The quantitative estimate of drug-likeness (QED) is 0.723. The van der Waals surface area contributed by atoms with Crippen LogP contribution in [0.2, 0.25) is 10.0 Å². The molecule has 2 aliphatic rings. The molecule has 1 aliphatic carbocycles. The number of halogens is 2. The van der Waals surface area contributed by atoms with Crippen LogP contribution in [0.15, 0.2) is 18.2 Å². The van der Waals surface area contributed by atoms with Gasteiger partial charge in [0.1, 0.15) is 5.54 Å². The highest BCUT2D eigenvalue weighted by atomic mass is 35.5. The molecule has 1 unspecified atom stereocenters. The van der Waals surface area contributed by atoms with Gasteiger partial charge in [-0.1, -0.05) is 54.5 Å². The van der Waals surface area contributed by atoms with E-state index < -0.39 is 0 Å². The maximum atomic E-state index is 12.9. The number of nitrogens with zero attached hydrogens (tertiary/aromatic N) is 1. The molecule has 1 saturated carbocycles. The van der Waals surface area contributed by atoms with E-state index in [2.05, 4.69) is 5.92 Å². The molecule has 2 nitrogen and oxygen atoms in total. The van der Waals surface area contributed by atoms with Crippen LogP contribution in [-0.2, 0) is 11.2 Å². The van der Waals surface area contributed by atoms with Gasteiger partial charge in [-0.05, 0) is 43.4 Å². The third-order valence-corrected chi connectivity index (χ3v) is 6.00. The first-order valence-corrected chi connectivity index (χ1v) is 9.05. The van der Waals surface area contributed by atoms with Crippen molar-refractivity contribution in [3.8, 4) is 12.3 Å². The van der Waals surface area contributed by atoms with Crippen LogP contribution in [0.5, 0.6) is 0 Å². The molecule has 1 aromatic carbocycles. The number of hydrogen-bond acceptors (Lipinski definition) is 1. The molecule has 1 amide bonds. The van der Waals surface area contributed by atoms with Crippen molar-refractivity contribution in [3.05, 3.63) is 33.8 Å². The molecule has 0 bridgehead atoms. The smallest absolute Gasteiger partial charge is 0.227 e. The zero-order chi connectivity index (χ0) is 16.4. The van der Waals surface area contributed by atoms with Crippen LogP contribution in [0, 0.1) is 18.3 Å². The molecule has 122 valence electrons. The Morgan fingerprint density at radius 3 is 2.48 bits per heavy atom. The number of amides is 1. The lowest BCUT2D eigenvalue weighted by molar-refractivity contribution is -0.135. The van der Waals surface area contributed by atoms with Crippen LogP contribution >= 0.6 is 23.2 Å². The molecule has 0 radical (unpaired) electrons. The van der Waals surface area contributed by atoms with E-state index in [9.17, 15) is 4.79 Å². The van der Waals surface area contributed by atoms with Crippen molar-refractivity contribution in [2.75, 3.05) is 6.54 Å². The van der Waals surface area contributed by atoms with E-state index >= 15 is 0 Å². The van der Waals surface area contributed by atoms with Crippen LogP contribution in [0.3, 0.4) is 0 Å². The summed E-state index contributed by atoms with van der Waals surface area (Å²) < 4.78 is 0. The summed E-state index contributed by atoms with van der Waals surface area (Å²) in [5, 5.41) is 1.26. The molecule has 1 aromatic rings. The van der Waals surface area contributed by atoms with Crippen molar-refractivity contribution in [2.45, 2.75) is 50.5 Å². The van der Waals surface area contributed by atoms with E-state index in [-0.39, 0.29) is 17.4 Å². The van der Waals surface area contributed by atoms with Gasteiger partial charge in [-0.25, -0.2) is 0 Å². The molecule has 3 rings (SSSR count). The minimum Gasteiger partial charge on any atom is -0.326 e. The summed E-state index contributed by atoms with van der Waals surface area (Å²) in [6.07, 6.45) is 12.5. The Bertz CT molecular complexity index is 623. The summed E-state index contributed by atoms with van der Waals surface area (Å²) in [6, 6.07) is 5.47. The number of hydrogen-bond donors (Lipinski definition) is 0. The minimum absolute atomic E-state index is 0.0699. The zero-order valence-corrected chi connectivity index (χ0v) is 14.7. The van der Waals surface area contributed by atoms with Gasteiger partial charge < -0.3 is 4.90 Å². The summed E-state index contributed by atoms with van der Waals surface area (Å²) in [4.78, 5) is 14.9. The number of carbonyl (C=O) groups excluding carboxylic acids is 1. The second-order valence-corrected chi connectivity index (χ2v) is 7.43. The van der Waals surface area contributed by atoms with E-state index in [0.717, 1.165) is 44.2 Å². The highest BCUT2D eigenvalue weighted by Crippen LogP contribution is 2.39. The summed E-state index contributed by atoms with van der Waals surface area (Å²) in [6.45, 7) is 0.746. The van der Waals surface area contributed by atoms with Crippen molar-refractivity contribution in [2.24, 2.45) is 5.92 Å². The van der Waals surface area contributed by atoms with Gasteiger partial charge in [0.25, 0.3) is 0 Å². The molecule has 0 aromatic heterocycles. The first kappa shape index (κ1) is 16.7. The second-order valence-electron chi connectivity index (χ2n) is 6.62. The first-order valence-electron chi connectivity index (χ1n) is 8.29. The number of terminal acetylenes is 1. The van der Waals surface area contributed by atoms with Crippen LogP contribution in [0.1, 0.15) is 44.1 Å². The molecule has 1 aliphatic heterocycles. The fraction of sp³-hybridized carbons (Fsp3) is 0.526. The fourth-order valence-corrected chi connectivity index (χ4v) is 4.51. The van der Waals surface area contributed by atoms with Gasteiger partial charge in [0, 0.05) is 22.5 Å². The standard InChI is InChI=1S/C19H21Cl2NO/c1-2-19(10-4-3-5-11-19)22-12-9-14(18(22)23)13-15-16(20)7-6-8-17(15)21/h1,6-8,14H,3-5,9-13H2. The summed E-state index contributed by atoms with van der Waals surface area (Å²) in [5.41, 5.74) is 0.503. The van der Waals surface area contributed by atoms with Crippen molar-refractivity contribution < 1.29 is 4.79 Å². The average molecular weight is 350 g/mol. The third kappa shape index (κ3) is 3.10. The molecule has 4 heteroatoms. The maximum absolute atomic E-state index is 12.9. The van der Waals surface area contributed by atoms with Gasteiger partial charge in [-0.2, -0.15) is 0 Å². The van der Waals surface area contributed by atoms with Gasteiger partial charge >= 0.3 is 0 Å². The van der Waals surface area contributed by atoms with Crippen LogP contribution < -0.4 is 0 Å². The Labute approximate surface area is 148 Å². The van der Waals surface area contributed by atoms with Gasteiger partial charge in [-0.3, -0.25) is 4.79 Å². The Morgan fingerprint density at radius 1 is 1.22 bits per heavy atom. The molecule has 1 saturated heterocycles. The highest BCUT2D eigenvalue weighted by Gasteiger charge is 2.44. The molecular formula is C19H21Cl2NO. The number of likely N-dealkylation sites (tertiary alicyclic amines) is 1. The van der Waals surface area contributed by atoms with Gasteiger partial charge in [0.2, 0.25) is 5.91 Å². The highest BCUT2D eigenvalue weighted by molar-refractivity contribution is 6.36. The van der Waals surface area contributed by atoms with Crippen LogP contribution in [0.4, 0.5) is 0 Å². The Balaban J connectivity index is 1.78. The maximum Gasteiger partial charge on any atom is 0.227 e. The largest absolute Gasteiger partial charge is 0.326 e. The number of benzene rings is 1. The van der Waals surface area contributed by atoms with E-state index in [4.69, 9.17) is 29.6 Å². The lowest BCUT2D eigenvalue weighted by Gasteiger charge is -2.41. The SMILES string of the molecule is C#CC1(N2CCC(Cc3c(Cl)cccc3Cl)C2=O)CCCCC1. The van der Waals surface area contributed by atoms with Crippen molar-refractivity contribution in [1.82, 2.24) is 4.90 Å².